The highest BCUT2D eigenvalue weighted by Crippen LogP contribution is 2.33. The molecule has 2 aromatic rings. The van der Waals surface area contributed by atoms with Gasteiger partial charge in [-0.15, -0.1) is 0 Å². The van der Waals surface area contributed by atoms with Gasteiger partial charge < -0.3 is 19.7 Å². The van der Waals surface area contributed by atoms with Crippen molar-refractivity contribution >= 4 is 39.1 Å². The van der Waals surface area contributed by atoms with E-state index in [2.05, 4.69) is 5.32 Å². The van der Waals surface area contributed by atoms with Crippen molar-refractivity contribution in [2.24, 2.45) is 0 Å². The molecule has 198 valence electrons. The van der Waals surface area contributed by atoms with Crippen LogP contribution in [0.3, 0.4) is 0 Å². The van der Waals surface area contributed by atoms with Crippen LogP contribution in [0.4, 0.5) is 5.69 Å². The van der Waals surface area contributed by atoms with Crippen molar-refractivity contribution in [3.8, 4) is 11.5 Å². The zero-order valence-corrected chi connectivity index (χ0v) is 22.9. The SMILES string of the molecule is CCCCNC(=O)[C@@H](C)N(Cc1ccccc1Cl)C(=O)CN(c1ccc(OC)cc1OC)S(C)(=O)=O. The molecule has 0 bridgehead atoms. The average Bonchev–Trinajstić information content (AvgIpc) is 2.85. The van der Waals surface area contributed by atoms with E-state index in [-0.39, 0.29) is 23.9 Å². The van der Waals surface area contributed by atoms with Crippen LogP contribution in [-0.4, -0.2) is 64.7 Å². The van der Waals surface area contributed by atoms with E-state index < -0.39 is 28.5 Å². The maximum Gasteiger partial charge on any atom is 0.244 e. The number of carbonyl (C=O) groups is 2. The molecule has 0 saturated carbocycles. The summed E-state index contributed by atoms with van der Waals surface area (Å²) >= 11 is 6.33. The summed E-state index contributed by atoms with van der Waals surface area (Å²) in [5, 5.41) is 3.27. The molecular formula is C25H34ClN3O6S. The molecule has 2 amide bonds. The van der Waals surface area contributed by atoms with E-state index in [4.69, 9.17) is 21.1 Å². The van der Waals surface area contributed by atoms with Gasteiger partial charge in [0.05, 0.1) is 26.2 Å². The highest BCUT2D eigenvalue weighted by atomic mass is 35.5. The third-order valence-corrected chi connectivity index (χ3v) is 7.13. The lowest BCUT2D eigenvalue weighted by molar-refractivity contribution is -0.139. The first-order valence-electron chi connectivity index (χ1n) is 11.5. The van der Waals surface area contributed by atoms with Crippen molar-refractivity contribution in [1.29, 1.82) is 0 Å². The summed E-state index contributed by atoms with van der Waals surface area (Å²) < 4.78 is 37.1. The normalized spacial score (nSPS) is 11.9. The highest BCUT2D eigenvalue weighted by Gasteiger charge is 2.31. The van der Waals surface area contributed by atoms with Crippen molar-refractivity contribution in [2.75, 3.05) is 37.9 Å². The number of benzene rings is 2. The minimum atomic E-state index is -3.90. The number of nitrogens with one attached hydrogen (secondary N) is 1. The average molecular weight is 540 g/mol. The number of rotatable bonds is 13. The monoisotopic (exact) mass is 539 g/mol. The lowest BCUT2D eigenvalue weighted by Gasteiger charge is -2.32. The number of amides is 2. The molecule has 0 radical (unpaired) electrons. The number of methoxy groups -OCH3 is 2. The number of nitrogens with zero attached hydrogens (tertiary/aromatic N) is 2. The van der Waals surface area contributed by atoms with Crippen LogP contribution in [0.2, 0.25) is 5.02 Å². The Morgan fingerprint density at radius 1 is 1.11 bits per heavy atom. The Labute approximate surface area is 218 Å². The second kappa shape index (κ2) is 13.4. The highest BCUT2D eigenvalue weighted by molar-refractivity contribution is 7.92. The zero-order chi connectivity index (χ0) is 26.9. The van der Waals surface area contributed by atoms with Gasteiger partial charge in [0, 0.05) is 24.2 Å². The summed E-state index contributed by atoms with van der Waals surface area (Å²) in [6, 6.07) is 10.7. The number of unbranched alkanes of at least 4 members (excludes halogenated alkanes) is 1. The molecule has 0 unspecified atom stereocenters. The summed E-state index contributed by atoms with van der Waals surface area (Å²) in [7, 11) is -1.03. The molecule has 0 aliphatic rings. The quantitative estimate of drug-likeness (QED) is 0.391. The summed E-state index contributed by atoms with van der Waals surface area (Å²) in [5.41, 5.74) is 0.806. The van der Waals surface area contributed by atoms with E-state index in [1.54, 1.807) is 37.3 Å². The van der Waals surface area contributed by atoms with Gasteiger partial charge in [-0.25, -0.2) is 8.42 Å². The van der Waals surface area contributed by atoms with Gasteiger partial charge >= 0.3 is 0 Å². The van der Waals surface area contributed by atoms with Crippen LogP contribution in [0, 0.1) is 0 Å². The maximum absolute atomic E-state index is 13.6. The zero-order valence-electron chi connectivity index (χ0n) is 21.3. The molecule has 0 heterocycles. The van der Waals surface area contributed by atoms with Crippen LogP contribution in [0.1, 0.15) is 32.3 Å². The summed E-state index contributed by atoms with van der Waals surface area (Å²) in [6.07, 6.45) is 2.71. The molecule has 11 heteroatoms. The standard InChI is InChI=1S/C25H34ClN3O6S/c1-6-7-14-27-25(31)18(2)28(16-19-10-8-9-11-21(19)26)24(30)17-29(36(5,32)33)22-13-12-20(34-3)15-23(22)35-4/h8-13,15,18H,6-7,14,16-17H2,1-5H3,(H,27,31)/t18-/m1/s1. The van der Waals surface area contributed by atoms with E-state index in [0.29, 0.717) is 22.9 Å². The van der Waals surface area contributed by atoms with Crippen molar-refractivity contribution in [2.45, 2.75) is 39.3 Å². The minimum Gasteiger partial charge on any atom is -0.497 e. The van der Waals surface area contributed by atoms with E-state index >= 15 is 0 Å². The first-order chi connectivity index (χ1) is 17.0. The number of sulfonamides is 1. The molecule has 2 rings (SSSR count). The van der Waals surface area contributed by atoms with Gasteiger partial charge in [-0.2, -0.15) is 0 Å². The maximum atomic E-state index is 13.6. The van der Waals surface area contributed by atoms with Crippen LogP contribution in [-0.2, 0) is 26.2 Å². The third-order valence-electron chi connectivity index (χ3n) is 5.63. The lowest BCUT2D eigenvalue weighted by atomic mass is 10.1. The minimum absolute atomic E-state index is 0.0260. The molecule has 0 aliphatic heterocycles. The van der Waals surface area contributed by atoms with E-state index in [9.17, 15) is 18.0 Å². The number of carbonyl (C=O) groups excluding carboxylic acids is 2. The van der Waals surface area contributed by atoms with Gasteiger partial charge in [-0.3, -0.25) is 13.9 Å². The smallest absolute Gasteiger partial charge is 0.244 e. The first kappa shape index (κ1) is 29.3. The number of halogens is 1. The van der Waals surface area contributed by atoms with Crippen molar-refractivity contribution in [3.05, 3.63) is 53.1 Å². The fourth-order valence-electron chi connectivity index (χ4n) is 3.51. The van der Waals surface area contributed by atoms with Crippen LogP contribution in [0.25, 0.3) is 0 Å². The second-order valence-electron chi connectivity index (χ2n) is 8.24. The number of hydrogen-bond donors (Lipinski definition) is 1. The molecule has 36 heavy (non-hydrogen) atoms. The Morgan fingerprint density at radius 2 is 1.81 bits per heavy atom. The molecule has 0 fully saturated rings. The second-order valence-corrected chi connectivity index (χ2v) is 10.6. The molecular weight excluding hydrogens is 506 g/mol. The van der Waals surface area contributed by atoms with Gasteiger partial charge in [-0.1, -0.05) is 43.1 Å². The predicted molar refractivity (Wildman–Crippen MR) is 141 cm³/mol. The molecule has 0 saturated heterocycles. The number of ether oxygens (including phenoxy) is 2. The van der Waals surface area contributed by atoms with E-state index in [0.717, 1.165) is 23.4 Å². The van der Waals surface area contributed by atoms with Crippen molar-refractivity contribution < 1.29 is 27.5 Å². The largest absolute Gasteiger partial charge is 0.497 e. The van der Waals surface area contributed by atoms with Gasteiger partial charge in [0.1, 0.15) is 24.1 Å². The van der Waals surface area contributed by atoms with Crippen LogP contribution >= 0.6 is 11.6 Å². The first-order valence-corrected chi connectivity index (χ1v) is 13.8. The Hall–Kier alpha value is -2.98. The molecule has 9 nitrogen and oxygen atoms in total. The van der Waals surface area contributed by atoms with Crippen molar-refractivity contribution in [3.63, 3.8) is 0 Å². The van der Waals surface area contributed by atoms with E-state index in [1.165, 1.54) is 31.3 Å². The molecule has 2 aromatic carbocycles. The molecule has 1 N–H and O–H groups in total. The van der Waals surface area contributed by atoms with Crippen LogP contribution in [0.5, 0.6) is 11.5 Å². The molecule has 0 aromatic heterocycles. The summed E-state index contributed by atoms with van der Waals surface area (Å²) in [6.45, 7) is 3.58. The Kier molecular flexibility index (Phi) is 10.9. The van der Waals surface area contributed by atoms with Gasteiger partial charge in [0.15, 0.2) is 0 Å². The predicted octanol–water partition coefficient (Wildman–Crippen LogP) is 3.46. The molecule has 0 spiro atoms. The van der Waals surface area contributed by atoms with Gasteiger partial charge in [0.25, 0.3) is 0 Å². The van der Waals surface area contributed by atoms with Crippen LogP contribution in [0.15, 0.2) is 42.5 Å². The summed E-state index contributed by atoms with van der Waals surface area (Å²) in [4.78, 5) is 27.8. The van der Waals surface area contributed by atoms with Gasteiger partial charge in [0.2, 0.25) is 21.8 Å². The van der Waals surface area contributed by atoms with E-state index in [1.807, 2.05) is 6.92 Å². The Bertz CT molecular complexity index is 1160. The Balaban J connectivity index is 2.44. The topological polar surface area (TPSA) is 105 Å². The lowest BCUT2D eigenvalue weighted by Crippen LogP contribution is -2.51. The van der Waals surface area contributed by atoms with Crippen LogP contribution < -0.4 is 19.1 Å². The molecule has 1 atom stereocenters. The third kappa shape index (κ3) is 7.76. The number of hydrogen-bond acceptors (Lipinski definition) is 6. The fraction of sp³-hybridized carbons (Fsp3) is 0.440. The summed E-state index contributed by atoms with van der Waals surface area (Å²) in [5.74, 6) is -0.225. The molecule has 0 aliphatic carbocycles. The van der Waals surface area contributed by atoms with Crippen molar-refractivity contribution in [1.82, 2.24) is 10.2 Å². The fourth-order valence-corrected chi connectivity index (χ4v) is 4.56. The van der Waals surface area contributed by atoms with Gasteiger partial charge in [-0.05, 0) is 37.1 Å². The number of anilines is 1. The Morgan fingerprint density at radius 3 is 2.39 bits per heavy atom.